The maximum Gasteiger partial charge on any atom is 0.155 e. The normalized spacial score (nSPS) is 15.6. The standard InChI is InChI=1S/C8H16O4/c1-4-7(8(9)10)12-6(3)11-5-2/h6-7H,4-5H2,1-3H3,(H,9,10)/p-1. The van der Waals surface area contributed by atoms with Gasteiger partial charge in [-0.05, 0) is 20.3 Å². The molecule has 0 aliphatic rings. The van der Waals surface area contributed by atoms with Crippen molar-refractivity contribution < 1.29 is 19.4 Å². The minimum absolute atomic E-state index is 0.389. The van der Waals surface area contributed by atoms with E-state index in [4.69, 9.17) is 9.47 Å². The number of aliphatic carboxylic acids is 1. The number of carboxylic acids is 1. The van der Waals surface area contributed by atoms with Gasteiger partial charge in [0.15, 0.2) is 6.29 Å². The van der Waals surface area contributed by atoms with Gasteiger partial charge < -0.3 is 19.4 Å². The monoisotopic (exact) mass is 175 g/mol. The Morgan fingerprint density at radius 2 is 2.08 bits per heavy atom. The summed E-state index contributed by atoms with van der Waals surface area (Å²) in [6, 6.07) is 0. The van der Waals surface area contributed by atoms with Crippen LogP contribution in [0, 0.1) is 0 Å². The Hall–Kier alpha value is -0.610. The van der Waals surface area contributed by atoms with E-state index in [2.05, 4.69) is 0 Å². The van der Waals surface area contributed by atoms with Crippen LogP contribution in [0.5, 0.6) is 0 Å². The van der Waals surface area contributed by atoms with Gasteiger partial charge in [-0.2, -0.15) is 0 Å². The Morgan fingerprint density at radius 3 is 2.42 bits per heavy atom. The fraction of sp³-hybridized carbons (Fsp3) is 0.875. The molecule has 0 amide bonds. The lowest BCUT2D eigenvalue weighted by molar-refractivity contribution is -0.322. The van der Waals surface area contributed by atoms with Crippen molar-refractivity contribution in [2.75, 3.05) is 6.61 Å². The molecule has 4 heteroatoms. The summed E-state index contributed by atoms with van der Waals surface area (Å²) in [6.45, 7) is 5.71. The van der Waals surface area contributed by atoms with E-state index < -0.39 is 18.4 Å². The van der Waals surface area contributed by atoms with Crippen molar-refractivity contribution in [2.45, 2.75) is 39.6 Å². The molecule has 0 saturated carbocycles. The summed E-state index contributed by atoms with van der Waals surface area (Å²) in [6.07, 6.45) is -0.968. The second-order valence-corrected chi connectivity index (χ2v) is 2.37. The molecule has 0 bridgehead atoms. The van der Waals surface area contributed by atoms with Crippen LogP contribution in [0.25, 0.3) is 0 Å². The van der Waals surface area contributed by atoms with E-state index >= 15 is 0 Å². The molecule has 4 nitrogen and oxygen atoms in total. The molecule has 2 atom stereocenters. The van der Waals surface area contributed by atoms with E-state index in [0.29, 0.717) is 13.0 Å². The van der Waals surface area contributed by atoms with E-state index in [-0.39, 0.29) is 0 Å². The van der Waals surface area contributed by atoms with Crippen LogP contribution in [-0.4, -0.2) is 25.0 Å². The minimum atomic E-state index is -1.19. The summed E-state index contributed by atoms with van der Waals surface area (Å²) in [4.78, 5) is 10.4. The van der Waals surface area contributed by atoms with Crippen molar-refractivity contribution in [3.05, 3.63) is 0 Å². The number of hydrogen-bond donors (Lipinski definition) is 0. The van der Waals surface area contributed by atoms with Gasteiger partial charge in [0.2, 0.25) is 0 Å². The highest BCUT2D eigenvalue weighted by atomic mass is 16.7. The van der Waals surface area contributed by atoms with Gasteiger partial charge in [0.25, 0.3) is 0 Å². The third-order valence-electron chi connectivity index (χ3n) is 1.39. The molecule has 72 valence electrons. The summed E-state index contributed by atoms with van der Waals surface area (Å²) in [5.74, 6) is -1.19. The maximum absolute atomic E-state index is 10.4. The van der Waals surface area contributed by atoms with Crippen molar-refractivity contribution in [1.29, 1.82) is 0 Å². The molecule has 0 saturated heterocycles. The van der Waals surface area contributed by atoms with Crippen LogP contribution in [0.1, 0.15) is 27.2 Å². The topological polar surface area (TPSA) is 58.6 Å². The Balaban J connectivity index is 3.77. The van der Waals surface area contributed by atoms with Gasteiger partial charge in [0.05, 0.1) is 12.1 Å². The molecule has 0 radical (unpaired) electrons. The zero-order valence-corrected chi connectivity index (χ0v) is 7.70. The van der Waals surface area contributed by atoms with Crippen molar-refractivity contribution in [2.24, 2.45) is 0 Å². The number of rotatable bonds is 6. The number of carboxylic acid groups (broad SMARTS) is 1. The first kappa shape index (κ1) is 11.4. The van der Waals surface area contributed by atoms with Crippen LogP contribution >= 0.6 is 0 Å². The Bertz CT molecular complexity index is 135. The zero-order chi connectivity index (χ0) is 9.56. The summed E-state index contributed by atoms with van der Waals surface area (Å²) in [5.41, 5.74) is 0. The molecule has 0 aromatic carbocycles. The zero-order valence-electron chi connectivity index (χ0n) is 7.70. The third-order valence-corrected chi connectivity index (χ3v) is 1.39. The molecule has 0 aromatic rings. The number of hydrogen-bond acceptors (Lipinski definition) is 4. The maximum atomic E-state index is 10.4. The number of carbonyl (C=O) groups is 1. The Kier molecular flexibility index (Phi) is 5.66. The van der Waals surface area contributed by atoms with Crippen LogP contribution in [-0.2, 0) is 14.3 Å². The first-order chi connectivity index (χ1) is 5.61. The molecule has 0 fully saturated rings. The fourth-order valence-corrected chi connectivity index (χ4v) is 0.824. The lowest BCUT2D eigenvalue weighted by atomic mass is 10.3. The predicted molar refractivity (Wildman–Crippen MR) is 41.3 cm³/mol. The molecule has 2 unspecified atom stereocenters. The highest BCUT2D eigenvalue weighted by Crippen LogP contribution is 2.02. The van der Waals surface area contributed by atoms with Gasteiger partial charge in [0.1, 0.15) is 0 Å². The second-order valence-electron chi connectivity index (χ2n) is 2.37. The van der Waals surface area contributed by atoms with E-state index in [1.807, 2.05) is 6.92 Å². The van der Waals surface area contributed by atoms with Crippen LogP contribution in [0.3, 0.4) is 0 Å². The first-order valence-electron chi connectivity index (χ1n) is 4.09. The van der Waals surface area contributed by atoms with Crippen molar-refractivity contribution in [3.63, 3.8) is 0 Å². The van der Waals surface area contributed by atoms with Crippen LogP contribution in [0.2, 0.25) is 0 Å². The molecular formula is C8H15O4-. The third kappa shape index (κ3) is 4.31. The largest absolute Gasteiger partial charge is 0.547 e. The van der Waals surface area contributed by atoms with E-state index in [1.165, 1.54) is 0 Å². The van der Waals surface area contributed by atoms with Crippen molar-refractivity contribution in [1.82, 2.24) is 0 Å². The van der Waals surface area contributed by atoms with Gasteiger partial charge in [-0.1, -0.05) is 6.92 Å². The van der Waals surface area contributed by atoms with Gasteiger partial charge in [-0.15, -0.1) is 0 Å². The van der Waals surface area contributed by atoms with E-state index in [1.54, 1.807) is 13.8 Å². The van der Waals surface area contributed by atoms with E-state index in [9.17, 15) is 9.90 Å². The van der Waals surface area contributed by atoms with Crippen LogP contribution in [0.15, 0.2) is 0 Å². The number of ether oxygens (including phenoxy) is 2. The average Bonchev–Trinajstić information content (AvgIpc) is 2.00. The quantitative estimate of drug-likeness (QED) is 0.529. The molecule has 0 aliphatic heterocycles. The van der Waals surface area contributed by atoms with Gasteiger partial charge >= 0.3 is 0 Å². The highest BCUT2D eigenvalue weighted by Gasteiger charge is 2.11. The smallest absolute Gasteiger partial charge is 0.155 e. The Morgan fingerprint density at radius 1 is 1.50 bits per heavy atom. The number of carbonyl (C=O) groups excluding carboxylic acids is 1. The molecule has 0 aliphatic carbocycles. The summed E-state index contributed by atoms with van der Waals surface area (Å²) in [5, 5.41) is 10.4. The fourth-order valence-electron chi connectivity index (χ4n) is 0.824. The van der Waals surface area contributed by atoms with Crippen LogP contribution < -0.4 is 5.11 Å². The molecule has 0 rings (SSSR count). The highest BCUT2D eigenvalue weighted by molar-refractivity contribution is 5.69. The van der Waals surface area contributed by atoms with Crippen molar-refractivity contribution >= 4 is 5.97 Å². The van der Waals surface area contributed by atoms with Gasteiger partial charge in [0, 0.05) is 6.61 Å². The first-order valence-corrected chi connectivity index (χ1v) is 4.09. The molecule has 12 heavy (non-hydrogen) atoms. The molecule has 0 N–H and O–H groups in total. The molecular weight excluding hydrogens is 160 g/mol. The second kappa shape index (κ2) is 5.97. The lowest BCUT2D eigenvalue weighted by Crippen LogP contribution is -2.39. The molecule has 0 heterocycles. The summed E-state index contributed by atoms with van der Waals surface area (Å²) < 4.78 is 10.0. The van der Waals surface area contributed by atoms with Crippen LogP contribution in [0.4, 0.5) is 0 Å². The van der Waals surface area contributed by atoms with Crippen molar-refractivity contribution in [3.8, 4) is 0 Å². The average molecular weight is 175 g/mol. The summed E-state index contributed by atoms with van der Waals surface area (Å²) in [7, 11) is 0. The van der Waals surface area contributed by atoms with Gasteiger partial charge in [-0.3, -0.25) is 0 Å². The molecule has 0 spiro atoms. The SMILES string of the molecule is CCOC(C)OC(CC)C(=O)[O-]. The minimum Gasteiger partial charge on any atom is -0.547 e. The van der Waals surface area contributed by atoms with E-state index in [0.717, 1.165) is 0 Å². The lowest BCUT2D eigenvalue weighted by Gasteiger charge is -2.21. The van der Waals surface area contributed by atoms with Gasteiger partial charge in [-0.25, -0.2) is 0 Å². The predicted octanol–water partition coefficient (Wildman–Crippen LogP) is -0.0860. The summed E-state index contributed by atoms with van der Waals surface area (Å²) >= 11 is 0. The Labute approximate surface area is 72.5 Å². The molecule has 0 aromatic heterocycles.